The summed E-state index contributed by atoms with van der Waals surface area (Å²) < 4.78 is 7.76. The van der Waals surface area contributed by atoms with Crippen molar-refractivity contribution in [2.24, 2.45) is 0 Å². The van der Waals surface area contributed by atoms with Crippen LogP contribution in [0.5, 0.6) is 0 Å². The van der Waals surface area contributed by atoms with E-state index >= 15 is 0 Å². The van der Waals surface area contributed by atoms with E-state index < -0.39 is 0 Å². The first kappa shape index (κ1) is 16.2. The molecule has 0 amide bonds. The molecule has 2 aromatic heterocycles. The van der Waals surface area contributed by atoms with Gasteiger partial charge in [-0.1, -0.05) is 20.8 Å². The fourth-order valence-electron chi connectivity index (χ4n) is 3.18. The molecule has 23 heavy (non-hydrogen) atoms. The zero-order valence-electron chi connectivity index (χ0n) is 14.8. The smallest absolute Gasteiger partial charge is 0.208 e. The van der Waals surface area contributed by atoms with E-state index in [2.05, 4.69) is 45.4 Å². The third-order valence-corrected chi connectivity index (χ3v) is 4.41. The molecule has 0 radical (unpaired) electrons. The average molecular weight is 317 g/mol. The Morgan fingerprint density at radius 3 is 2.65 bits per heavy atom. The lowest BCUT2D eigenvalue weighted by Crippen LogP contribution is -2.37. The van der Waals surface area contributed by atoms with Gasteiger partial charge in [0, 0.05) is 12.0 Å². The Morgan fingerprint density at radius 1 is 1.26 bits per heavy atom. The summed E-state index contributed by atoms with van der Waals surface area (Å²) >= 11 is 0. The molecule has 1 atom stereocenters. The van der Waals surface area contributed by atoms with Crippen molar-refractivity contribution in [3.8, 4) is 0 Å². The van der Waals surface area contributed by atoms with Gasteiger partial charge in [-0.25, -0.2) is 14.6 Å². The Balaban J connectivity index is 1.67. The molecule has 0 N–H and O–H groups in total. The Bertz CT molecular complexity index is 667. The number of rotatable bonds is 3. The molecule has 126 valence electrons. The quantitative estimate of drug-likeness (QED) is 0.871. The van der Waals surface area contributed by atoms with Gasteiger partial charge >= 0.3 is 0 Å². The lowest BCUT2D eigenvalue weighted by molar-refractivity contribution is 0.149. The summed E-state index contributed by atoms with van der Waals surface area (Å²) in [6, 6.07) is 0.391. The Morgan fingerprint density at radius 2 is 2.04 bits per heavy atom. The predicted octanol–water partition coefficient (Wildman–Crippen LogP) is 3.02. The van der Waals surface area contributed by atoms with Crippen LogP contribution in [0.4, 0.5) is 0 Å². The molecule has 3 heterocycles. The minimum absolute atomic E-state index is 0.0293. The van der Waals surface area contributed by atoms with Gasteiger partial charge in [-0.3, -0.25) is 4.90 Å². The monoisotopic (exact) mass is 317 g/mol. The number of nitrogens with zero attached hydrogens (tertiary/aromatic N) is 5. The molecular formula is C17H27N5O. The van der Waals surface area contributed by atoms with Gasteiger partial charge in [-0.2, -0.15) is 5.10 Å². The van der Waals surface area contributed by atoms with Gasteiger partial charge < -0.3 is 4.42 Å². The second-order valence-electron chi connectivity index (χ2n) is 7.56. The third kappa shape index (κ3) is 3.63. The molecule has 1 aliphatic heterocycles. The van der Waals surface area contributed by atoms with Crippen molar-refractivity contribution in [3.63, 3.8) is 0 Å². The summed E-state index contributed by atoms with van der Waals surface area (Å²) in [7, 11) is 0. The van der Waals surface area contributed by atoms with Gasteiger partial charge in [-0.15, -0.1) is 0 Å². The second-order valence-corrected chi connectivity index (χ2v) is 7.56. The van der Waals surface area contributed by atoms with Crippen molar-refractivity contribution in [1.82, 2.24) is 24.6 Å². The van der Waals surface area contributed by atoms with Crippen LogP contribution in [-0.2, 0) is 12.0 Å². The van der Waals surface area contributed by atoms with Gasteiger partial charge in [0.2, 0.25) is 5.89 Å². The number of piperidine rings is 1. The molecule has 0 spiro atoms. The molecule has 6 heteroatoms. The van der Waals surface area contributed by atoms with E-state index in [4.69, 9.17) is 4.42 Å². The highest BCUT2D eigenvalue weighted by Gasteiger charge is 2.25. The largest absolute Gasteiger partial charge is 0.447 e. The third-order valence-electron chi connectivity index (χ3n) is 4.41. The molecule has 0 bridgehead atoms. The highest BCUT2D eigenvalue weighted by Crippen LogP contribution is 2.25. The Hall–Kier alpha value is -1.69. The van der Waals surface area contributed by atoms with Crippen LogP contribution in [0, 0.1) is 13.8 Å². The molecular weight excluding hydrogens is 290 g/mol. The fraction of sp³-hybridized carbons (Fsp3) is 0.706. The summed E-state index contributed by atoms with van der Waals surface area (Å²) in [5.74, 6) is 2.66. The summed E-state index contributed by atoms with van der Waals surface area (Å²) in [6.45, 7) is 13.3. The molecule has 0 aromatic carbocycles. The van der Waals surface area contributed by atoms with E-state index in [-0.39, 0.29) is 5.41 Å². The number of hydrogen-bond donors (Lipinski definition) is 0. The summed E-state index contributed by atoms with van der Waals surface area (Å²) in [5, 5.41) is 4.55. The highest BCUT2D eigenvalue weighted by atomic mass is 16.3. The van der Waals surface area contributed by atoms with Gasteiger partial charge in [0.25, 0.3) is 0 Å². The van der Waals surface area contributed by atoms with Crippen molar-refractivity contribution in [2.45, 2.75) is 65.5 Å². The Labute approximate surface area is 137 Å². The topological polar surface area (TPSA) is 60.0 Å². The molecule has 1 saturated heterocycles. The van der Waals surface area contributed by atoms with Gasteiger partial charge in [0.05, 0.1) is 18.3 Å². The average Bonchev–Trinajstić information content (AvgIpc) is 3.05. The van der Waals surface area contributed by atoms with E-state index in [1.54, 1.807) is 6.26 Å². The molecule has 0 aliphatic carbocycles. The molecule has 3 rings (SSSR count). The lowest BCUT2D eigenvalue weighted by atomic mass is 9.93. The van der Waals surface area contributed by atoms with Crippen LogP contribution in [0.25, 0.3) is 0 Å². The number of aromatic nitrogens is 4. The summed E-state index contributed by atoms with van der Waals surface area (Å²) in [6.07, 6.45) is 4.11. The van der Waals surface area contributed by atoms with Crippen molar-refractivity contribution in [2.75, 3.05) is 13.1 Å². The molecule has 1 fully saturated rings. The number of oxazole rings is 1. The first-order valence-electron chi connectivity index (χ1n) is 8.40. The van der Waals surface area contributed by atoms with Crippen molar-refractivity contribution < 1.29 is 4.42 Å². The highest BCUT2D eigenvalue weighted by molar-refractivity contribution is 5.08. The van der Waals surface area contributed by atoms with E-state index in [0.717, 1.165) is 55.7 Å². The van der Waals surface area contributed by atoms with Crippen molar-refractivity contribution >= 4 is 0 Å². The normalized spacial score (nSPS) is 20.1. The lowest BCUT2D eigenvalue weighted by Gasteiger charge is -2.32. The molecule has 1 aliphatic rings. The van der Waals surface area contributed by atoms with Crippen molar-refractivity contribution in [1.29, 1.82) is 0 Å². The summed E-state index contributed by atoms with van der Waals surface area (Å²) in [5.41, 5.74) is 1.05. The first-order valence-corrected chi connectivity index (χ1v) is 8.40. The zero-order valence-corrected chi connectivity index (χ0v) is 14.8. The SMILES string of the molecule is Cc1nc(C)n(C2CCCN(Cc3nc(C(C)(C)C)co3)C2)n1. The first-order chi connectivity index (χ1) is 10.8. The molecule has 6 nitrogen and oxygen atoms in total. The van der Waals surface area contributed by atoms with E-state index in [0.29, 0.717) is 6.04 Å². The fourth-order valence-corrected chi connectivity index (χ4v) is 3.18. The van der Waals surface area contributed by atoms with Crippen LogP contribution in [0.3, 0.4) is 0 Å². The second kappa shape index (κ2) is 6.07. The van der Waals surface area contributed by atoms with E-state index in [1.807, 2.05) is 13.8 Å². The van der Waals surface area contributed by atoms with E-state index in [9.17, 15) is 0 Å². The van der Waals surface area contributed by atoms with Gasteiger partial charge in [-0.05, 0) is 33.2 Å². The minimum atomic E-state index is 0.0293. The van der Waals surface area contributed by atoms with Crippen LogP contribution >= 0.6 is 0 Å². The van der Waals surface area contributed by atoms with Crippen LogP contribution in [0.1, 0.15) is 62.9 Å². The maximum absolute atomic E-state index is 5.68. The van der Waals surface area contributed by atoms with Crippen LogP contribution in [0.2, 0.25) is 0 Å². The van der Waals surface area contributed by atoms with Crippen LogP contribution < -0.4 is 0 Å². The minimum Gasteiger partial charge on any atom is -0.447 e. The maximum atomic E-state index is 5.68. The molecule has 0 saturated carbocycles. The standard InChI is InChI=1S/C17H27N5O/c1-12-18-13(2)22(20-12)14-7-6-8-21(9-14)10-16-19-15(11-23-16)17(3,4)5/h11,14H,6-10H2,1-5H3. The predicted molar refractivity (Wildman–Crippen MR) is 88.2 cm³/mol. The van der Waals surface area contributed by atoms with Crippen LogP contribution in [-0.4, -0.2) is 37.7 Å². The van der Waals surface area contributed by atoms with Gasteiger partial charge in [0.15, 0.2) is 0 Å². The van der Waals surface area contributed by atoms with Crippen molar-refractivity contribution in [3.05, 3.63) is 29.5 Å². The Kier molecular flexibility index (Phi) is 4.27. The molecule has 1 unspecified atom stereocenters. The van der Waals surface area contributed by atoms with Crippen LogP contribution in [0.15, 0.2) is 10.7 Å². The van der Waals surface area contributed by atoms with E-state index in [1.165, 1.54) is 0 Å². The number of hydrogen-bond acceptors (Lipinski definition) is 5. The maximum Gasteiger partial charge on any atom is 0.208 e. The number of aryl methyl sites for hydroxylation is 2. The zero-order chi connectivity index (χ0) is 16.6. The van der Waals surface area contributed by atoms with Gasteiger partial charge in [0.1, 0.15) is 17.9 Å². The summed E-state index contributed by atoms with van der Waals surface area (Å²) in [4.78, 5) is 11.5. The number of likely N-dealkylation sites (tertiary alicyclic amines) is 1. The molecule has 2 aromatic rings.